The van der Waals surface area contributed by atoms with Gasteiger partial charge in [-0.15, -0.1) is 11.3 Å². The van der Waals surface area contributed by atoms with Crippen molar-refractivity contribution >= 4 is 28.1 Å². The lowest BCUT2D eigenvalue weighted by atomic mass is 10.5. The largest absolute Gasteiger partial charge is 0.352 e. The normalized spacial score (nSPS) is 10.0. The molecule has 2 heterocycles. The van der Waals surface area contributed by atoms with E-state index < -0.39 is 16.2 Å². The highest BCUT2D eigenvalue weighted by molar-refractivity contribution is 7.13. The molecule has 2 aromatic rings. The van der Waals surface area contributed by atoms with Crippen LogP contribution in [0.4, 0.5) is 16.8 Å². The van der Waals surface area contributed by atoms with Crippen molar-refractivity contribution in [2.24, 2.45) is 0 Å². The molecule has 0 aliphatic heterocycles. The summed E-state index contributed by atoms with van der Waals surface area (Å²) in [7, 11) is 0. The molecule has 2 rings (SSSR count). The van der Waals surface area contributed by atoms with Crippen LogP contribution in [0.1, 0.15) is 0 Å². The minimum Gasteiger partial charge on any atom is -0.302 e. The fraction of sp³-hybridized carbons (Fsp3) is 0. The summed E-state index contributed by atoms with van der Waals surface area (Å²) in [6, 6.07) is 0. The van der Waals surface area contributed by atoms with Crippen LogP contribution in [0.2, 0.25) is 0 Å². The monoisotopic (exact) mass is 239 g/mol. The number of nitrogens with zero attached hydrogens (tertiary/aromatic N) is 3. The first-order valence-electron chi connectivity index (χ1n) is 4.07. The molecule has 2 N–H and O–H groups in total. The van der Waals surface area contributed by atoms with Gasteiger partial charge in [-0.25, -0.2) is 9.97 Å². The Hall–Kier alpha value is -2.29. The molecule has 2 aromatic heterocycles. The minimum atomic E-state index is -0.806. The second-order valence-electron chi connectivity index (χ2n) is 2.67. The van der Waals surface area contributed by atoms with Crippen LogP contribution in [0.25, 0.3) is 0 Å². The summed E-state index contributed by atoms with van der Waals surface area (Å²) in [6.45, 7) is 0. The number of thiazole rings is 1. The lowest BCUT2D eigenvalue weighted by molar-refractivity contribution is -0.386. The molecule has 0 radical (unpaired) electrons. The number of anilines is 2. The summed E-state index contributed by atoms with van der Waals surface area (Å²) in [5, 5.41) is 15.4. The minimum absolute atomic E-state index is 0.116. The van der Waals surface area contributed by atoms with Gasteiger partial charge in [0.25, 0.3) is 0 Å². The number of aromatic amines is 1. The van der Waals surface area contributed by atoms with E-state index in [0.29, 0.717) is 5.13 Å². The first-order valence-corrected chi connectivity index (χ1v) is 4.95. The van der Waals surface area contributed by atoms with Gasteiger partial charge in [0, 0.05) is 11.6 Å². The van der Waals surface area contributed by atoms with Gasteiger partial charge in [0.2, 0.25) is 5.95 Å². The van der Waals surface area contributed by atoms with Crippen molar-refractivity contribution in [3.63, 3.8) is 0 Å². The van der Waals surface area contributed by atoms with Gasteiger partial charge in [-0.05, 0) is 0 Å². The molecular formula is C7H5N5O3S. The lowest BCUT2D eigenvalue weighted by Gasteiger charge is -1.99. The molecule has 9 heteroatoms. The number of nitro groups is 1. The van der Waals surface area contributed by atoms with Gasteiger partial charge in [0.1, 0.15) is 6.20 Å². The van der Waals surface area contributed by atoms with Crippen LogP contribution in [-0.2, 0) is 0 Å². The molecule has 0 atom stereocenters. The zero-order chi connectivity index (χ0) is 11.5. The van der Waals surface area contributed by atoms with Crippen LogP contribution in [0, 0.1) is 10.1 Å². The fourth-order valence-electron chi connectivity index (χ4n) is 0.968. The number of rotatable bonds is 3. The summed E-state index contributed by atoms with van der Waals surface area (Å²) >= 11 is 1.32. The van der Waals surface area contributed by atoms with Crippen molar-refractivity contribution in [1.82, 2.24) is 15.0 Å². The Morgan fingerprint density at radius 3 is 2.88 bits per heavy atom. The first kappa shape index (κ1) is 10.2. The van der Waals surface area contributed by atoms with Gasteiger partial charge in [-0.2, -0.15) is 0 Å². The molecule has 0 aliphatic rings. The third-order valence-corrected chi connectivity index (χ3v) is 2.32. The fourth-order valence-corrected chi connectivity index (χ4v) is 1.50. The highest BCUT2D eigenvalue weighted by Gasteiger charge is 2.13. The molecule has 16 heavy (non-hydrogen) atoms. The molecule has 0 bridgehead atoms. The SMILES string of the molecule is O=c1[nH]c(Nc2nccs2)ncc1[N+](=O)[O-]. The number of nitrogens with one attached hydrogen (secondary N) is 2. The third kappa shape index (κ3) is 2.03. The molecule has 0 unspecified atom stereocenters. The van der Waals surface area contributed by atoms with E-state index in [4.69, 9.17) is 0 Å². The Labute approximate surface area is 92.2 Å². The van der Waals surface area contributed by atoms with Crippen LogP contribution >= 0.6 is 11.3 Å². The van der Waals surface area contributed by atoms with E-state index in [0.717, 1.165) is 6.20 Å². The summed E-state index contributed by atoms with van der Waals surface area (Å²) < 4.78 is 0. The summed E-state index contributed by atoms with van der Waals surface area (Å²) in [5.41, 5.74) is -1.40. The maximum Gasteiger partial charge on any atom is 0.352 e. The van der Waals surface area contributed by atoms with Gasteiger partial charge in [-0.1, -0.05) is 0 Å². The van der Waals surface area contributed by atoms with E-state index in [1.807, 2.05) is 0 Å². The zero-order valence-corrected chi connectivity index (χ0v) is 8.52. The smallest absolute Gasteiger partial charge is 0.302 e. The van der Waals surface area contributed by atoms with E-state index in [2.05, 4.69) is 20.3 Å². The van der Waals surface area contributed by atoms with Crippen molar-refractivity contribution in [2.45, 2.75) is 0 Å². The van der Waals surface area contributed by atoms with Crippen LogP contribution < -0.4 is 10.9 Å². The maximum atomic E-state index is 11.2. The van der Waals surface area contributed by atoms with Gasteiger partial charge in [0.05, 0.1) is 4.92 Å². The van der Waals surface area contributed by atoms with Crippen molar-refractivity contribution in [3.8, 4) is 0 Å². The molecule has 8 nitrogen and oxygen atoms in total. The van der Waals surface area contributed by atoms with Crippen LogP contribution in [-0.4, -0.2) is 19.9 Å². The predicted molar refractivity (Wildman–Crippen MR) is 56.9 cm³/mol. The summed E-state index contributed by atoms with van der Waals surface area (Å²) in [5.74, 6) is 0.116. The number of H-pyrrole nitrogens is 1. The van der Waals surface area contributed by atoms with Crippen LogP contribution in [0.15, 0.2) is 22.6 Å². The average Bonchev–Trinajstić information content (AvgIpc) is 2.70. The standard InChI is InChI=1S/C7H5N5O3S/c13-5-4(12(14)15)3-9-6(10-5)11-7-8-1-2-16-7/h1-3H,(H2,8,9,10,11,13). The summed E-state index contributed by atoms with van der Waals surface area (Å²) in [6.07, 6.45) is 2.48. The first-order chi connectivity index (χ1) is 7.66. The number of aromatic nitrogens is 3. The Bertz CT molecular complexity index is 564. The van der Waals surface area contributed by atoms with E-state index in [1.54, 1.807) is 11.6 Å². The van der Waals surface area contributed by atoms with Gasteiger partial charge in [-0.3, -0.25) is 19.9 Å². The Morgan fingerprint density at radius 2 is 2.31 bits per heavy atom. The topological polar surface area (TPSA) is 114 Å². The van der Waals surface area contributed by atoms with Gasteiger partial charge in [0.15, 0.2) is 5.13 Å². The van der Waals surface area contributed by atoms with E-state index in [1.165, 1.54) is 11.3 Å². The maximum absolute atomic E-state index is 11.2. The van der Waals surface area contributed by atoms with Crippen molar-refractivity contribution in [1.29, 1.82) is 0 Å². The van der Waals surface area contributed by atoms with E-state index >= 15 is 0 Å². The van der Waals surface area contributed by atoms with Crippen molar-refractivity contribution < 1.29 is 4.92 Å². The highest BCUT2D eigenvalue weighted by Crippen LogP contribution is 2.14. The second-order valence-corrected chi connectivity index (χ2v) is 3.56. The molecule has 82 valence electrons. The molecule has 0 spiro atoms. The summed E-state index contributed by atoms with van der Waals surface area (Å²) in [4.78, 5) is 30.6. The van der Waals surface area contributed by atoms with Crippen LogP contribution in [0.5, 0.6) is 0 Å². The van der Waals surface area contributed by atoms with Crippen molar-refractivity contribution in [2.75, 3.05) is 5.32 Å². The molecule has 0 saturated carbocycles. The van der Waals surface area contributed by atoms with Crippen molar-refractivity contribution in [3.05, 3.63) is 38.2 Å². The van der Waals surface area contributed by atoms with E-state index in [9.17, 15) is 14.9 Å². The number of hydrogen-bond acceptors (Lipinski definition) is 7. The predicted octanol–water partition coefficient (Wildman–Crippen LogP) is 0.878. The molecule has 0 amide bonds. The molecule has 0 saturated heterocycles. The quantitative estimate of drug-likeness (QED) is 0.607. The lowest BCUT2D eigenvalue weighted by Crippen LogP contribution is -2.14. The molecule has 0 aromatic carbocycles. The second kappa shape index (κ2) is 4.06. The number of hydrogen-bond donors (Lipinski definition) is 2. The van der Waals surface area contributed by atoms with Gasteiger partial charge < -0.3 is 5.32 Å². The average molecular weight is 239 g/mol. The molecular weight excluding hydrogens is 234 g/mol. The van der Waals surface area contributed by atoms with Crippen LogP contribution in [0.3, 0.4) is 0 Å². The third-order valence-electron chi connectivity index (χ3n) is 1.63. The Morgan fingerprint density at radius 1 is 1.50 bits per heavy atom. The van der Waals surface area contributed by atoms with Gasteiger partial charge >= 0.3 is 11.2 Å². The Balaban J connectivity index is 2.28. The Kier molecular flexibility index (Phi) is 2.60. The molecule has 0 fully saturated rings. The molecule has 0 aliphatic carbocycles. The van der Waals surface area contributed by atoms with E-state index in [-0.39, 0.29) is 5.95 Å². The zero-order valence-electron chi connectivity index (χ0n) is 7.71. The highest BCUT2D eigenvalue weighted by atomic mass is 32.1.